The van der Waals surface area contributed by atoms with Crippen LogP contribution in [0.2, 0.25) is 0 Å². The summed E-state index contributed by atoms with van der Waals surface area (Å²) in [6.07, 6.45) is 3.10. The fraction of sp³-hybridized carbons (Fsp3) is 0.308. The summed E-state index contributed by atoms with van der Waals surface area (Å²) >= 11 is 3.20. The highest BCUT2D eigenvalue weighted by atomic mass is 79.9. The van der Waals surface area contributed by atoms with Gasteiger partial charge in [-0.05, 0) is 17.6 Å². The number of hydrogen-bond acceptors (Lipinski definition) is 1. The SMILES string of the molecule is O=C(CBr)N1CC=C(c2ccccc2)CC1. The molecule has 1 amide bonds. The molecule has 2 nitrogen and oxygen atoms in total. The number of alkyl halides is 1. The van der Waals surface area contributed by atoms with Crippen molar-refractivity contribution in [2.45, 2.75) is 6.42 Å². The van der Waals surface area contributed by atoms with Gasteiger partial charge in [0.1, 0.15) is 0 Å². The van der Waals surface area contributed by atoms with Crippen molar-refractivity contribution < 1.29 is 4.79 Å². The number of halogens is 1. The van der Waals surface area contributed by atoms with E-state index in [2.05, 4.69) is 34.1 Å². The van der Waals surface area contributed by atoms with E-state index in [1.54, 1.807) is 0 Å². The molecular weight excluding hydrogens is 266 g/mol. The molecule has 0 unspecified atom stereocenters. The molecule has 84 valence electrons. The van der Waals surface area contributed by atoms with Crippen molar-refractivity contribution in [3.05, 3.63) is 42.0 Å². The number of nitrogens with zero attached hydrogens (tertiary/aromatic N) is 1. The van der Waals surface area contributed by atoms with Gasteiger partial charge in [0.05, 0.1) is 5.33 Å². The lowest BCUT2D eigenvalue weighted by molar-refractivity contribution is -0.127. The summed E-state index contributed by atoms with van der Waals surface area (Å²) in [5.41, 5.74) is 2.62. The van der Waals surface area contributed by atoms with Crippen LogP contribution in [-0.4, -0.2) is 29.2 Å². The van der Waals surface area contributed by atoms with Crippen molar-refractivity contribution in [3.8, 4) is 0 Å². The minimum absolute atomic E-state index is 0.170. The van der Waals surface area contributed by atoms with Crippen LogP contribution in [0.5, 0.6) is 0 Å². The highest BCUT2D eigenvalue weighted by molar-refractivity contribution is 9.09. The fourth-order valence-corrected chi connectivity index (χ4v) is 2.25. The lowest BCUT2D eigenvalue weighted by Crippen LogP contribution is -2.35. The van der Waals surface area contributed by atoms with Gasteiger partial charge in [-0.25, -0.2) is 0 Å². The maximum absolute atomic E-state index is 11.5. The summed E-state index contributed by atoms with van der Waals surface area (Å²) in [5, 5.41) is 0.418. The molecule has 2 rings (SSSR count). The quantitative estimate of drug-likeness (QED) is 0.763. The molecule has 0 aliphatic carbocycles. The van der Waals surface area contributed by atoms with E-state index in [-0.39, 0.29) is 5.91 Å². The normalized spacial score (nSPS) is 15.8. The second-order valence-electron chi connectivity index (χ2n) is 3.82. The average Bonchev–Trinajstić information content (AvgIpc) is 2.39. The molecule has 0 saturated carbocycles. The van der Waals surface area contributed by atoms with E-state index in [1.807, 2.05) is 23.1 Å². The molecule has 3 heteroatoms. The number of carbonyl (C=O) groups excluding carboxylic acids is 1. The van der Waals surface area contributed by atoms with Crippen LogP contribution in [0.25, 0.3) is 5.57 Å². The van der Waals surface area contributed by atoms with Gasteiger partial charge in [0.15, 0.2) is 0 Å². The van der Waals surface area contributed by atoms with Crippen molar-refractivity contribution in [2.24, 2.45) is 0 Å². The van der Waals surface area contributed by atoms with E-state index in [0.29, 0.717) is 5.33 Å². The van der Waals surface area contributed by atoms with Crippen molar-refractivity contribution in [2.75, 3.05) is 18.4 Å². The Labute approximate surface area is 104 Å². The molecule has 16 heavy (non-hydrogen) atoms. The number of amides is 1. The molecule has 0 bridgehead atoms. The van der Waals surface area contributed by atoms with Crippen LogP contribution in [0.1, 0.15) is 12.0 Å². The summed E-state index contributed by atoms with van der Waals surface area (Å²) < 4.78 is 0. The van der Waals surface area contributed by atoms with Crippen LogP contribution in [0.15, 0.2) is 36.4 Å². The highest BCUT2D eigenvalue weighted by Crippen LogP contribution is 2.21. The van der Waals surface area contributed by atoms with Gasteiger partial charge in [-0.15, -0.1) is 0 Å². The summed E-state index contributed by atoms with van der Waals surface area (Å²) in [7, 11) is 0. The molecular formula is C13H14BrNO. The van der Waals surface area contributed by atoms with Gasteiger partial charge in [0.25, 0.3) is 0 Å². The Kier molecular flexibility index (Phi) is 3.78. The van der Waals surface area contributed by atoms with Crippen LogP contribution < -0.4 is 0 Å². The summed E-state index contributed by atoms with van der Waals surface area (Å²) in [6, 6.07) is 10.4. The van der Waals surface area contributed by atoms with Gasteiger partial charge in [-0.1, -0.05) is 52.3 Å². The first-order chi connectivity index (χ1) is 7.81. The topological polar surface area (TPSA) is 20.3 Å². The van der Waals surface area contributed by atoms with Gasteiger partial charge in [-0.2, -0.15) is 0 Å². The summed E-state index contributed by atoms with van der Waals surface area (Å²) in [5.74, 6) is 0.170. The first-order valence-corrected chi connectivity index (χ1v) is 6.51. The van der Waals surface area contributed by atoms with Gasteiger partial charge in [0.2, 0.25) is 5.91 Å². The van der Waals surface area contributed by atoms with E-state index >= 15 is 0 Å². The van der Waals surface area contributed by atoms with Crippen LogP contribution in [0, 0.1) is 0 Å². The minimum atomic E-state index is 0.170. The maximum atomic E-state index is 11.5. The predicted molar refractivity (Wildman–Crippen MR) is 69.4 cm³/mol. The standard InChI is InChI=1S/C13H14BrNO/c14-10-13(16)15-8-6-12(7-9-15)11-4-2-1-3-5-11/h1-6H,7-10H2. The van der Waals surface area contributed by atoms with Crippen molar-refractivity contribution in [3.63, 3.8) is 0 Å². The first kappa shape index (κ1) is 11.4. The third kappa shape index (κ3) is 2.53. The molecule has 1 aromatic rings. The monoisotopic (exact) mass is 279 g/mol. The van der Waals surface area contributed by atoms with Crippen molar-refractivity contribution in [1.29, 1.82) is 0 Å². The molecule has 0 radical (unpaired) electrons. The Bertz CT molecular complexity index is 400. The Morgan fingerprint density at radius 1 is 1.31 bits per heavy atom. The molecule has 0 saturated heterocycles. The number of hydrogen-bond donors (Lipinski definition) is 0. The zero-order valence-electron chi connectivity index (χ0n) is 9.03. The van der Waals surface area contributed by atoms with E-state index < -0.39 is 0 Å². The summed E-state index contributed by atoms with van der Waals surface area (Å²) in [4.78, 5) is 13.3. The Morgan fingerprint density at radius 2 is 2.06 bits per heavy atom. The summed E-state index contributed by atoms with van der Waals surface area (Å²) in [6.45, 7) is 1.56. The molecule has 0 spiro atoms. The smallest absolute Gasteiger partial charge is 0.233 e. The molecule has 1 heterocycles. The lowest BCUT2D eigenvalue weighted by Gasteiger charge is -2.26. The lowest BCUT2D eigenvalue weighted by atomic mass is 10.00. The van der Waals surface area contributed by atoms with Crippen LogP contribution in [0.4, 0.5) is 0 Å². The second kappa shape index (κ2) is 5.30. The number of carbonyl (C=O) groups is 1. The largest absolute Gasteiger partial charge is 0.338 e. The van der Waals surface area contributed by atoms with E-state index in [1.165, 1.54) is 11.1 Å². The van der Waals surface area contributed by atoms with Gasteiger partial charge in [0, 0.05) is 13.1 Å². The van der Waals surface area contributed by atoms with E-state index in [4.69, 9.17) is 0 Å². The van der Waals surface area contributed by atoms with E-state index in [9.17, 15) is 4.79 Å². The van der Waals surface area contributed by atoms with Gasteiger partial charge >= 0.3 is 0 Å². The fourth-order valence-electron chi connectivity index (χ4n) is 1.89. The Balaban J connectivity index is 2.07. The third-order valence-corrected chi connectivity index (χ3v) is 3.30. The highest BCUT2D eigenvalue weighted by Gasteiger charge is 2.16. The van der Waals surface area contributed by atoms with Gasteiger partial charge in [-0.3, -0.25) is 4.79 Å². The third-order valence-electron chi connectivity index (χ3n) is 2.82. The molecule has 1 aromatic carbocycles. The average molecular weight is 280 g/mol. The Morgan fingerprint density at radius 3 is 2.62 bits per heavy atom. The van der Waals surface area contributed by atoms with Crippen LogP contribution in [-0.2, 0) is 4.79 Å². The number of benzene rings is 1. The molecule has 0 aromatic heterocycles. The zero-order valence-corrected chi connectivity index (χ0v) is 10.6. The maximum Gasteiger partial charge on any atom is 0.233 e. The Hall–Kier alpha value is -1.09. The number of rotatable bonds is 2. The molecule has 0 fully saturated rings. The predicted octanol–water partition coefficient (Wildman–Crippen LogP) is 2.70. The van der Waals surface area contributed by atoms with Crippen molar-refractivity contribution >= 4 is 27.4 Å². The van der Waals surface area contributed by atoms with Crippen LogP contribution in [0.3, 0.4) is 0 Å². The van der Waals surface area contributed by atoms with Crippen LogP contribution >= 0.6 is 15.9 Å². The molecule has 1 aliphatic rings. The van der Waals surface area contributed by atoms with Crippen molar-refractivity contribution in [1.82, 2.24) is 4.90 Å². The van der Waals surface area contributed by atoms with Gasteiger partial charge < -0.3 is 4.90 Å². The van der Waals surface area contributed by atoms with E-state index in [0.717, 1.165) is 19.5 Å². The second-order valence-corrected chi connectivity index (χ2v) is 4.38. The zero-order chi connectivity index (χ0) is 11.4. The molecule has 0 N–H and O–H groups in total. The first-order valence-electron chi connectivity index (χ1n) is 5.39. The molecule has 1 aliphatic heterocycles. The molecule has 0 atom stereocenters. The minimum Gasteiger partial charge on any atom is -0.338 e.